The summed E-state index contributed by atoms with van der Waals surface area (Å²) in [6.07, 6.45) is -1.10. The largest absolute Gasteiger partial charge is 0.416 e. The van der Waals surface area contributed by atoms with Crippen molar-refractivity contribution in [1.29, 1.82) is 0 Å². The summed E-state index contributed by atoms with van der Waals surface area (Å²) in [5.41, 5.74) is -0.397. The summed E-state index contributed by atoms with van der Waals surface area (Å²) in [5, 5.41) is 3.11. The number of rotatable bonds is 4. The average Bonchev–Trinajstić information content (AvgIpc) is 2.23. The molecule has 0 unspecified atom stereocenters. The Balaban J connectivity index is 2.77. The van der Waals surface area contributed by atoms with Crippen LogP contribution in [-0.4, -0.2) is 12.6 Å². The predicted molar refractivity (Wildman–Crippen MR) is 63.6 cm³/mol. The van der Waals surface area contributed by atoms with E-state index in [-0.39, 0.29) is 5.56 Å². The fraction of sp³-hybridized carbons (Fsp3) is 0.385. The van der Waals surface area contributed by atoms with Crippen LogP contribution in [-0.2, 0) is 6.18 Å². The van der Waals surface area contributed by atoms with Crippen LogP contribution in [0.5, 0.6) is 0 Å². The van der Waals surface area contributed by atoms with Gasteiger partial charge in [0.1, 0.15) is 0 Å². The molecule has 94 valence electrons. The number of halogens is 3. The third-order valence-electron chi connectivity index (χ3n) is 2.21. The molecule has 1 N–H and O–H groups in total. The normalized spacial score (nSPS) is 12.6. The van der Waals surface area contributed by atoms with E-state index in [4.69, 9.17) is 0 Å². The van der Waals surface area contributed by atoms with E-state index in [0.717, 1.165) is 6.07 Å². The maximum Gasteiger partial charge on any atom is 0.416 e. The van der Waals surface area contributed by atoms with Crippen molar-refractivity contribution in [3.63, 3.8) is 0 Å². The molecule has 4 heteroatoms. The SMILES string of the molecule is CC(C)NCC=Cc1ccccc1C(F)(F)F. The topological polar surface area (TPSA) is 12.0 Å². The summed E-state index contributed by atoms with van der Waals surface area (Å²) < 4.78 is 37.9. The van der Waals surface area contributed by atoms with Gasteiger partial charge in [-0.3, -0.25) is 0 Å². The van der Waals surface area contributed by atoms with E-state index in [9.17, 15) is 13.2 Å². The first-order valence-electron chi connectivity index (χ1n) is 5.47. The Hall–Kier alpha value is -1.29. The summed E-state index contributed by atoms with van der Waals surface area (Å²) in [7, 11) is 0. The van der Waals surface area contributed by atoms with Gasteiger partial charge in [0.15, 0.2) is 0 Å². The van der Waals surface area contributed by atoms with E-state index in [1.165, 1.54) is 18.2 Å². The van der Waals surface area contributed by atoms with Gasteiger partial charge < -0.3 is 5.32 Å². The van der Waals surface area contributed by atoms with Gasteiger partial charge in [-0.25, -0.2) is 0 Å². The summed E-state index contributed by atoms with van der Waals surface area (Å²) in [6.45, 7) is 4.53. The molecule has 1 aromatic carbocycles. The Bertz CT molecular complexity index is 380. The first kappa shape index (κ1) is 13.8. The third kappa shape index (κ3) is 4.61. The van der Waals surface area contributed by atoms with E-state index in [0.29, 0.717) is 12.6 Å². The van der Waals surface area contributed by atoms with E-state index < -0.39 is 11.7 Å². The van der Waals surface area contributed by atoms with Gasteiger partial charge in [0, 0.05) is 12.6 Å². The summed E-state index contributed by atoms with van der Waals surface area (Å²) in [6, 6.07) is 5.87. The van der Waals surface area contributed by atoms with Crippen molar-refractivity contribution in [2.45, 2.75) is 26.1 Å². The van der Waals surface area contributed by atoms with Gasteiger partial charge in [0.25, 0.3) is 0 Å². The van der Waals surface area contributed by atoms with Crippen molar-refractivity contribution in [3.05, 3.63) is 41.5 Å². The van der Waals surface area contributed by atoms with Crippen LogP contribution in [0.3, 0.4) is 0 Å². The molecular formula is C13H16F3N. The monoisotopic (exact) mass is 243 g/mol. The second kappa shape index (κ2) is 5.87. The smallest absolute Gasteiger partial charge is 0.311 e. The van der Waals surface area contributed by atoms with Crippen LogP contribution in [0.2, 0.25) is 0 Å². The Morgan fingerprint density at radius 1 is 1.24 bits per heavy atom. The van der Waals surface area contributed by atoms with Crippen molar-refractivity contribution >= 4 is 6.08 Å². The molecule has 1 aromatic rings. The summed E-state index contributed by atoms with van der Waals surface area (Å²) >= 11 is 0. The molecule has 0 saturated carbocycles. The Labute approximate surface area is 99.3 Å². The van der Waals surface area contributed by atoms with Crippen molar-refractivity contribution in [1.82, 2.24) is 5.32 Å². The van der Waals surface area contributed by atoms with Gasteiger partial charge in [0.2, 0.25) is 0 Å². The van der Waals surface area contributed by atoms with Gasteiger partial charge in [-0.1, -0.05) is 44.2 Å². The van der Waals surface area contributed by atoms with E-state index >= 15 is 0 Å². The number of hydrogen-bond donors (Lipinski definition) is 1. The number of alkyl halides is 3. The fourth-order valence-corrected chi connectivity index (χ4v) is 1.39. The van der Waals surface area contributed by atoms with Crippen molar-refractivity contribution in [3.8, 4) is 0 Å². The average molecular weight is 243 g/mol. The van der Waals surface area contributed by atoms with Crippen LogP contribution in [0.4, 0.5) is 13.2 Å². The lowest BCUT2D eigenvalue weighted by Crippen LogP contribution is -2.22. The molecule has 0 saturated heterocycles. The molecule has 0 amide bonds. The van der Waals surface area contributed by atoms with Crippen LogP contribution < -0.4 is 5.32 Å². The zero-order chi connectivity index (χ0) is 12.9. The molecule has 0 bridgehead atoms. The quantitative estimate of drug-likeness (QED) is 0.849. The zero-order valence-electron chi connectivity index (χ0n) is 9.88. The molecule has 0 aromatic heterocycles. The van der Waals surface area contributed by atoms with Gasteiger partial charge >= 0.3 is 6.18 Å². The fourth-order valence-electron chi connectivity index (χ4n) is 1.39. The van der Waals surface area contributed by atoms with Gasteiger partial charge in [-0.2, -0.15) is 13.2 Å². The van der Waals surface area contributed by atoms with Crippen LogP contribution in [0.1, 0.15) is 25.0 Å². The van der Waals surface area contributed by atoms with Crippen molar-refractivity contribution < 1.29 is 13.2 Å². The van der Waals surface area contributed by atoms with E-state index in [1.54, 1.807) is 12.1 Å². The molecule has 17 heavy (non-hydrogen) atoms. The Morgan fingerprint density at radius 2 is 1.88 bits per heavy atom. The van der Waals surface area contributed by atoms with E-state index in [1.807, 2.05) is 13.8 Å². The second-order valence-corrected chi connectivity index (χ2v) is 4.05. The molecule has 0 heterocycles. The molecule has 0 spiro atoms. The summed E-state index contributed by atoms with van der Waals surface area (Å²) in [4.78, 5) is 0. The molecular weight excluding hydrogens is 227 g/mol. The maximum atomic E-state index is 12.6. The van der Waals surface area contributed by atoms with Crippen LogP contribution >= 0.6 is 0 Å². The molecule has 0 aliphatic heterocycles. The predicted octanol–water partition coefficient (Wildman–Crippen LogP) is 3.72. The first-order valence-corrected chi connectivity index (χ1v) is 5.47. The van der Waals surface area contributed by atoms with Gasteiger partial charge in [-0.15, -0.1) is 0 Å². The van der Waals surface area contributed by atoms with Gasteiger partial charge in [0.05, 0.1) is 5.56 Å². The second-order valence-electron chi connectivity index (χ2n) is 4.05. The molecule has 1 rings (SSSR count). The minimum atomic E-state index is -4.30. The van der Waals surface area contributed by atoms with Gasteiger partial charge in [-0.05, 0) is 11.6 Å². The molecule has 0 radical (unpaired) electrons. The highest BCUT2D eigenvalue weighted by Crippen LogP contribution is 2.32. The minimum Gasteiger partial charge on any atom is -0.311 e. The number of benzene rings is 1. The summed E-state index contributed by atoms with van der Waals surface area (Å²) in [5.74, 6) is 0. The molecule has 0 atom stereocenters. The minimum absolute atomic E-state index is 0.200. The van der Waals surface area contributed by atoms with Crippen molar-refractivity contribution in [2.24, 2.45) is 0 Å². The third-order valence-corrected chi connectivity index (χ3v) is 2.21. The molecule has 0 aliphatic carbocycles. The highest BCUT2D eigenvalue weighted by atomic mass is 19.4. The Morgan fingerprint density at radius 3 is 2.47 bits per heavy atom. The zero-order valence-corrected chi connectivity index (χ0v) is 9.88. The highest BCUT2D eigenvalue weighted by Gasteiger charge is 2.32. The lowest BCUT2D eigenvalue weighted by atomic mass is 10.1. The number of hydrogen-bond acceptors (Lipinski definition) is 1. The molecule has 0 fully saturated rings. The lowest BCUT2D eigenvalue weighted by Gasteiger charge is -2.10. The molecule has 0 aliphatic rings. The van der Waals surface area contributed by atoms with Crippen molar-refractivity contribution in [2.75, 3.05) is 6.54 Å². The molecule has 1 nitrogen and oxygen atoms in total. The lowest BCUT2D eigenvalue weighted by molar-refractivity contribution is -0.137. The van der Waals surface area contributed by atoms with Crippen LogP contribution in [0.15, 0.2) is 30.3 Å². The number of nitrogens with one attached hydrogen (secondary N) is 1. The van der Waals surface area contributed by atoms with Crippen LogP contribution in [0.25, 0.3) is 6.08 Å². The first-order chi connectivity index (χ1) is 7.91. The van der Waals surface area contributed by atoms with E-state index in [2.05, 4.69) is 5.32 Å². The standard InChI is InChI=1S/C13H16F3N/c1-10(2)17-9-5-7-11-6-3-4-8-12(11)13(14,15)16/h3-8,10,17H,9H2,1-2H3. The highest BCUT2D eigenvalue weighted by molar-refractivity contribution is 5.54. The maximum absolute atomic E-state index is 12.6. The van der Waals surface area contributed by atoms with Crippen LogP contribution in [0, 0.1) is 0 Å². The Kier molecular flexibility index (Phi) is 4.75.